The van der Waals surface area contributed by atoms with Crippen LogP contribution in [0.15, 0.2) is 0 Å². The summed E-state index contributed by atoms with van der Waals surface area (Å²) >= 11 is 0. The highest BCUT2D eigenvalue weighted by Gasteiger charge is 2.36. The van der Waals surface area contributed by atoms with E-state index in [2.05, 4.69) is 0 Å². The first-order chi connectivity index (χ1) is 3.25. The average molecular weight is 148 g/mol. The van der Waals surface area contributed by atoms with Crippen LogP contribution in [0.2, 0.25) is 0 Å². The van der Waals surface area contributed by atoms with Crippen LogP contribution in [0.5, 0.6) is 0 Å². The zero-order chi connectivity index (χ0) is 7.00. The van der Waals surface area contributed by atoms with Crippen molar-refractivity contribution in [3.63, 3.8) is 0 Å². The van der Waals surface area contributed by atoms with Gasteiger partial charge in [-0.15, -0.1) is 0 Å². The van der Waals surface area contributed by atoms with Crippen molar-refractivity contribution in [3.05, 3.63) is 0 Å². The number of hydrogen-bond acceptors (Lipinski definition) is 3. The minimum absolute atomic E-state index is 5.65. The Morgan fingerprint density at radius 3 is 1.38 bits per heavy atom. The summed E-state index contributed by atoms with van der Waals surface area (Å²) in [7, 11) is -6.09. The van der Waals surface area contributed by atoms with Gasteiger partial charge in [0.15, 0.2) is 10.1 Å². The number of hydrogen-bond donors (Lipinski definition) is 0. The van der Waals surface area contributed by atoms with Crippen molar-refractivity contribution >= 4 is 10.1 Å². The molecule has 0 aromatic heterocycles. The van der Waals surface area contributed by atoms with Crippen LogP contribution in [0.4, 0.5) is 13.2 Å². The zero-order valence-corrected chi connectivity index (χ0v) is 4.08. The Hall–Kier alpha value is -0.300. The van der Waals surface area contributed by atoms with Crippen LogP contribution in [0, 0.1) is 0 Å². The van der Waals surface area contributed by atoms with E-state index in [1.54, 1.807) is 0 Å². The van der Waals surface area contributed by atoms with E-state index in [9.17, 15) is 13.2 Å². The third kappa shape index (κ3) is 1.66. The zero-order valence-electron chi connectivity index (χ0n) is 3.27. The first-order valence-electron chi connectivity index (χ1n) is 1.27. The summed E-state index contributed by atoms with van der Waals surface area (Å²) in [5, 5.41) is 0. The van der Waals surface area contributed by atoms with Crippen molar-refractivity contribution in [1.29, 1.82) is 0 Å². The molecule has 0 amide bonds. The van der Waals surface area contributed by atoms with E-state index in [0.717, 1.165) is 0 Å². The molecule has 0 atom stereocenters. The number of rotatable bonds is 0. The molecule has 50 valence electrons. The van der Waals surface area contributed by atoms with Gasteiger partial charge in [-0.05, 0) is 0 Å². The number of halogens is 3. The molecule has 0 fully saturated rings. The lowest BCUT2D eigenvalue weighted by Crippen LogP contribution is -2.21. The first kappa shape index (κ1) is 7.70. The molecule has 0 heterocycles. The molecule has 0 unspecified atom stereocenters. The fourth-order valence-electron chi connectivity index (χ4n) is 0. The topological polar surface area (TPSA) is 57.2 Å². The maximum atomic E-state index is 10.7. The molecule has 0 aliphatic rings. The average Bonchev–Trinajstić information content (AvgIpc) is 1.25. The highest BCUT2D eigenvalue weighted by atomic mass is 32.2. The summed E-state index contributed by atoms with van der Waals surface area (Å²) < 4.78 is 58.9. The fraction of sp³-hybridized carbons (Fsp3) is 1.00. The van der Waals surface area contributed by atoms with Crippen molar-refractivity contribution in [2.45, 2.75) is 5.51 Å². The summed E-state index contributed by atoms with van der Waals surface area (Å²) in [6, 6.07) is 0. The minimum Gasteiger partial charge on any atom is -0.741 e. The Morgan fingerprint density at radius 1 is 1.25 bits per heavy atom. The van der Waals surface area contributed by atoms with Crippen LogP contribution >= 0.6 is 0 Å². The predicted octanol–water partition coefficient (Wildman–Crippen LogP) is 0.0514. The lowest BCUT2D eigenvalue weighted by atomic mass is 10.6. The third-order valence-electron chi connectivity index (χ3n) is 0.283. The molecule has 0 radical (unpaired) electrons. The van der Waals surface area contributed by atoms with Crippen LogP contribution in [0.3, 0.4) is 0 Å². The van der Waals surface area contributed by atoms with Gasteiger partial charge in [0, 0.05) is 0 Å². The Balaban J connectivity index is 4.53. The van der Waals surface area contributed by atoms with Gasteiger partial charge >= 0.3 is 5.51 Å². The van der Waals surface area contributed by atoms with Gasteiger partial charge in [0.25, 0.3) is 0 Å². The van der Waals surface area contributed by atoms with E-state index < -0.39 is 15.6 Å². The van der Waals surface area contributed by atoms with Gasteiger partial charge in [0.1, 0.15) is 0 Å². The highest BCUT2D eigenvalue weighted by molar-refractivity contribution is 7.86. The van der Waals surface area contributed by atoms with Gasteiger partial charge in [-0.25, -0.2) is 8.42 Å². The molecule has 0 aliphatic carbocycles. The Morgan fingerprint density at radius 2 is 1.38 bits per heavy atom. The van der Waals surface area contributed by atoms with E-state index in [1.165, 1.54) is 0 Å². The van der Waals surface area contributed by atoms with Crippen molar-refractivity contribution in [2.75, 3.05) is 0 Å². The van der Waals surface area contributed by atoms with E-state index in [0.29, 0.717) is 0 Å². The molecule has 3 nitrogen and oxygen atoms in total. The normalized spacial score (nSPS) is 14.0. The molecule has 0 aliphatic heterocycles. The molecule has 0 saturated heterocycles. The highest BCUT2D eigenvalue weighted by Crippen LogP contribution is 2.20. The largest absolute Gasteiger partial charge is 0.741 e. The summed E-state index contributed by atoms with van der Waals surface area (Å²) in [6.07, 6.45) is 0. The lowest BCUT2D eigenvalue weighted by Gasteiger charge is -2.08. The van der Waals surface area contributed by atoms with Crippen LogP contribution in [-0.4, -0.2) is 18.5 Å². The maximum Gasteiger partial charge on any atom is 0.485 e. The third-order valence-corrected chi connectivity index (χ3v) is 0.850. The maximum absolute atomic E-state index is 10.7. The molecule has 0 aromatic carbocycles. The van der Waals surface area contributed by atoms with Gasteiger partial charge in [-0.3, -0.25) is 0 Å². The molecule has 0 rings (SSSR count). The van der Waals surface area contributed by atoms with E-state index in [4.69, 9.17) is 13.0 Å². The van der Waals surface area contributed by atoms with Crippen molar-refractivity contribution in [3.8, 4) is 0 Å². The van der Waals surface area contributed by atoms with E-state index in [-0.39, 0.29) is 0 Å². The monoisotopic (exact) mass is 148 g/mol. The second-order valence-electron chi connectivity index (χ2n) is 0.900. The van der Waals surface area contributed by atoms with Gasteiger partial charge in [0.05, 0.1) is 0 Å². The van der Waals surface area contributed by atoms with Crippen LogP contribution in [0.1, 0.15) is 0 Å². The fourth-order valence-corrected chi connectivity index (χ4v) is 0. The van der Waals surface area contributed by atoms with Crippen LogP contribution in [0.25, 0.3) is 0 Å². The Bertz CT molecular complexity index is 163. The van der Waals surface area contributed by atoms with E-state index >= 15 is 0 Å². The lowest BCUT2D eigenvalue weighted by molar-refractivity contribution is -0.0517. The summed E-state index contributed by atoms with van der Waals surface area (Å²) in [4.78, 5) is 0. The van der Waals surface area contributed by atoms with Crippen molar-refractivity contribution < 1.29 is 26.1 Å². The van der Waals surface area contributed by atoms with Gasteiger partial charge in [-0.2, -0.15) is 13.2 Å². The second-order valence-corrected chi connectivity index (χ2v) is 2.27. The summed E-state index contributed by atoms with van der Waals surface area (Å²) in [5.74, 6) is 0. The minimum atomic E-state index is -6.09. The van der Waals surface area contributed by atoms with Gasteiger partial charge in [0.2, 0.25) is 0 Å². The second kappa shape index (κ2) is 1.59. The summed E-state index contributed by atoms with van der Waals surface area (Å²) in [6.45, 7) is 0. The van der Waals surface area contributed by atoms with Crippen LogP contribution < -0.4 is 0 Å². The van der Waals surface area contributed by atoms with Crippen molar-refractivity contribution in [1.82, 2.24) is 0 Å². The summed E-state index contributed by atoms with van der Waals surface area (Å²) in [5.41, 5.74) is -5.65. The molecular formula is CF3O3S-. The van der Waals surface area contributed by atoms with Gasteiger partial charge in [-0.1, -0.05) is 0 Å². The molecule has 0 saturated carbocycles. The smallest absolute Gasteiger partial charge is 0.485 e. The first-order valence-corrected chi connectivity index (χ1v) is 2.68. The molecule has 0 bridgehead atoms. The Labute approximate surface area is 42.9 Å². The predicted molar refractivity (Wildman–Crippen MR) is 15.8 cm³/mol. The van der Waals surface area contributed by atoms with Crippen LogP contribution in [-0.2, 0) is 10.1 Å². The molecular weight excluding hydrogens is 148 g/mol. The molecule has 0 aromatic rings. The van der Waals surface area contributed by atoms with Gasteiger partial charge < -0.3 is 4.55 Å². The standard InChI is InChI=1S/CHF3O3S/c2-1(3,4)8(5,6)7/h(H,5,6,7)/p-1/i1-1. The SMILES string of the molecule is O=S(=O)([O-])[11C](F)(F)F. The quantitative estimate of drug-likeness (QED) is 0.360. The molecule has 7 heteroatoms. The Kier molecular flexibility index (Phi) is 1.53. The molecule has 0 N–H and O–H groups in total. The van der Waals surface area contributed by atoms with Crippen molar-refractivity contribution in [2.24, 2.45) is 0 Å². The molecule has 8 heavy (non-hydrogen) atoms. The molecule has 0 spiro atoms. The van der Waals surface area contributed by atoms with E-state index in [1.807, 2.05) is 0 Å². The number of alkyl halides is 3.